The summed E-state index contributed by atoms with van der Waals surface area (Å²) < 4.78 is 0. The van der Waals surface area contributed by atoms with Crippen LogP contribution < -0.4 is 21.1 Å². The van der Waals surface area contributed by atoms with Crippen molar-refractivity contribution in [2.75, 3.05) is 10.6 Å². The Bertz CT molecular complexity index is 2370. The normalized spacial score (nSPS) is 15.2. The number of rotatable bonds is 5. The highest BCUT2D eigenvalue weighted by Crippen LogP contribution is 2.32. The van der Waals surface area contributed by atoms with Gasteiger partial charge in [0.2, 0.25) is 0 Å². The number of halogens is 1. The number of hydrogen-bond donors (Lipinski definition) is 2. The molecule has 4 heteroatoms. The van der Waals surface area contributed by atoms with E-state index in [1.165, 1.54) is 32.7 Å². The van der Waals surface area contributed by atoms with Crippen molar-refractivity contribution in [1.29, 1.82) is 0 Å². The van der Waals surface area contributed by atoms with E-state index in [-0.39, 0.29) is 11.7 Å². The molecule has 1 heterocycles. The second-order valence-electron chi connectivity index (χ2n) is 13.0. The van der Waals surface area contributed by atoms with Gasteiger partial charge in [0.15, 0.2) is 5.78 Å². The highest BCUT2D eigenvalue weighted by atomic mass is 35.5. The van der Waals surface area contributed by atoms with E-state index < -0.39 is 0 Å². The summed E-state index contributed by atoms with van der Waals surface area (Å²) in [4.78, 5) is 14.2. The minimum atomic E-state index is 0.168. The van der Waals surface area contributed by atoms with E-state index in [0.717, 1.165) is 74.9 Å². The molecule has 8 rings (SSSR count). The molecule has 3 aliphatic rings. The Kier molecular flexibility index (Phi) is 9.37. The van der Waals surface area contributed by atoms with Crippen LogP contribution in [0.5, 0.6) is 0 Å². The number of fused-ring (bicyclic) bond motifs is 5. The van der Waals surface area contributed by atoms with E-state index in [2.05, 4.69) is 85.2 Å². The second kappa shape index (κ2) is 14.2. The maximum atomic E-state index is 14.2. The molecule has 1 atom stereocenters. The van der Waals surface area contributed by atoms with Crippen molar-refractivity contribution in [1.82, 2.24) is 0 Å². The Morgan fingerprint density at radius 1 is 0.837 bits per heavy atom. The summed E-state index contributed by atoms with van der Waals surface area (Å²) >= 11 is 6.52. The predicted molar refractivity (Wildman–Crippen MR) is 207 cm³/mol. The van der Waals surface area contributed by atoms with Gasteiger partial charge in [-0.2, -0.15) is 0 Å². The summed E-state index contributed by atoms with van der Waals surface area (Å²) in [6.45, 7) is 6.35. The highest BCUT2D eigenvalue weighted by molar-refractivity contribution is 6.30. The van der Waals surface area contributed by atoms with E-state index in [4.69, 9.17) is 11.6 Å². The van der Waals surface area contributed by atoms with E-state index >= 15 is 0 Å². The number of anilines is 3. The number of carbonyl (C=O) groups is 1. The molecule has 1 aliphatic heterocycles. The zero-order valence-corrected chi connectivity index (χ0v) is 29.1. The van der Waals surface area contributed by atoms with Crippen LogP contribution in [0.15, 0.2) is 115 Å². The lowest BCUT2D eigenvalue weighted by Gasteiger charge is -2.27. The third kappa shape index (κ3) is 6.51. The molecule has 49 heavy (non-hydrogen) atoms. The Morgan fingerprint density at radius 3 is 2.49 bits per heavy atom. The smallest absolute Gasteiger partial charge is 0.190 e. The monoisotopic (exact) mass is 660 g/mol. The number of hydrogen-bond acceptors (Lipinski definition) is 3. The average molecular weight is 661 g/mol. The Balaban J connectivity index is 0.000000290. The van der Waals surface area contributed by atoms with Crippen LogP contribution in [0.2, 0.25) is 5.02 Å². The van der Waals surface area contributed by atoms with Crippen LogP contribution in [0.4, 0.5) is 17.1 Å². The summed E-state index contributed by atoms with van der Waals surface area (Å²) in [5.41, 5.74) is 11.1. The van der Waals surface area contributed by atoms with Crippen molar-refractivity contribution < 1.29 is 4.79 Å². The van der Waals surface area contributed by atoms with Gasteiger partial charge in [0, 0.05) is 39.4 Å². The topological polar surface area (TPSA) is 41.1 Å². The molecule has 1 unspecified atom stereocenters. The molecule has 244 valence electrons. The van der Waals surface area contributed by atoms with Gasteiger partial charge in [0.05, 0.1) is 0 Å². The number of ketones is 1. The molecule has 0 saturated heterocycles. The largest absolute Gasteiger partial charge is 0.361 e. The van der Waals surface area contributed by atoms with Gasteiger partial charge in [-0.25, -0.2) is 0 Å². The molecule has 3 nitrogen and oxygen atoms in total. The van der Waals surface area contributed by atoms with Crippen LogP contribution >= 0.6 is 11.6 Å². The first-order valence-corrected chi connectivity index (χ1v) is 17.6. The highest BCUT2D eigenvalue weighted by Gasteiger charge is 2.28. The van der Waals surface area contributed by atoms with Gasteiger partial charge in [-0.1, -0.05) is 97.4 Å². The van der Waals surface area contributed by atoms with Crippen molar-refractivity contribution in [2.24, 2.45) is 5.92 Å². The van der Waals surface area contributed by atoms with E-state index in [1.54, 1.807) is 0 Å². The number of carbonyl (C=O) groups excluding carboxylic acids is 1. The summed E-state index contributed by atoms with van der Waals surface area (Å²) in [5, 5.41) is 12.2. The maximum Gasteiger partial charge on any atom is 0.190 e. The molecule has 0 aromatic heterocycles. The second-order valence-corrected chi connectivity index (χ2v) is 13.4. The Labute approximate surface area is 293 Å². The minimum absolute atomic E-state index is 0.168. The van der Waals surface area contributed by atoms with Gasteiger partial charge in [-0.3, -0.25) is 4.79 Å². The Hall–Kier alpha value is -5.12. The summed E-state index contributed by atoms with van der Waals surface area (Å²) in [6.07, 6.45) is 14.1. The maximum absolute atomic E-state index is 14.2. The van der Waals surface area contributed by atoms with Gasteiger partial charge < -0.3 is 10.6 Å². The molecule has 2 aliphatic carbocycles. The third-order valence-electron chi connectivity index (χ3n) is 10.0. The first-order valence-electron chi connectivity index (χ1n) is 17.2. The van der Waals surface area contributed by atoms with Gasteiger partial charge >= 0.3 is 0 Å². The zero-order valence-electron chi connectivity index (χ0n) is 28.3. The predicted octanol–water partition coefficient (Wildman–Crippen LogP) is 9.97. The van der Waals surface area contributed by atoms with Crippen LogP contribution in [0.1, 0.15) is 57.9 Å². The van der Waals surface area contributed by atoms with Crippen LogP contribution in [0.25, 0.3) is 17.7 Å². The molecule has 2 N–H and O–H groups in total. The fraction of sp³-hybridized carbons (Fsp3) is 0.178. The van der Waals surface area contributed by atoms with Crippen molar-refractivity contribution >= 4 is 52.2 Å². The molecule has 0 radical (unpaired) electrons. The van der Waals surface area contributed by atoms with Gasteiger partial charge in [0.25, 0.3) is 0 Å². The zero-order chi connectivity index (χ0) is 33.9. The minimum Gasteiger partial charge on any atom is -0.361 e. The molecule has 5 aromatic rings. The quantitative estimate of drug-likeness (QED) is 0.184. The number of aryl methyl sites for hydroxylation is 2. The molecule has 0 spiro atoms. The van der Waals surface area contributed by atoms with Crippen LogP contribution in [-0.2, 0) is 12.8 Å². The molecule has 0 saturated carbocycles. The SMILES string of the molecule is C1=CNc2ccccc2C=C1.CCC1CCc2c3c(ccc2=C1C(=O)c1ccc(Nc2ccccc2C)cc1C)=c1cccc(Cl)c1=CC3. The molecule has 0 bridgehead atoms. The number of nitrogens with one attached hydrogen (secondary N) is 2. The summed E-state index contributed by atoms with van der Waals surface area (Å²) in [7, 11) is 0. The lowest BCUT2D eigenvalue weighted by atomic mass is 9.76. The van der Waals surface area contributed by atoms with E-state index in [9.17, 15) is 4.79 Å². The lowest BCUT2D eigenvalue weighted by Crippen LogP contribution is -2.31. The van der Waals surface area contributed by atoms with Crippen LogP contribution in [0.3, 0.4) is 0 Å². The molecule has 5 aromatic carbocycles. The molecular formula is C45H41ClN2O. The number of allylic oxidation sites excluding steroid dienone is 2. The van der Waals surface area contributed by atoms with Gasteiger partial charge in [-0.05, 0) is 137 Å². The van der Waals surface area contributed by atoms with Crippen molar-refractivity contribution in [2.45, 2.75) is 46.5 Å². The van der Waals surface area contributed by atoms with Crippen LogP contribution in [-0.4, -0.2) is 5.78 Å². The lowest BCUT2D eigenvalue weighted by molar-refractivity contribution is 0.104. The fourth-order valence-electron chi connectivity index (χ4n) is 7.44. The number of Topliss-reactive ketones (excluding diaryl/α,β-unsaturated/α-hetero) is 1. The van der Waals surface area contributed by atoms with E-state index in [0.29, 0.717) is 0 Å². The van der Waals surface area contributed by atoms with Crippen LogP contribution in [0, 0.1) is 30.2 Å². The first kappa shape index (κ1) is 32.4. The average Bonchev–Trinajstić information content (AvgIpc) is 3.38. The fourth-order valence-corrected chi connectivity index (χ4v) is 7.69. The summed E-state index contributed by atoms with van der Waals surface area (Å²) in [6, 6.07) is 33.1. The van der Waals surface area contributed by atoms with Gasteiger partial charge in [-0.15, -0.1) is 0 Å². The van der Waals surface area contributed by atoms with Gasteiger partial charge in [0.1, 0.15) is 0 Å². The standard InChI is InChI=1S/C35H32ClNO.C10H9N/c1-4-23-12-14-29-28-16-18-30-26(9-7-10-32(30)36)27(28)17-19-31(29)34(23)35(38)25-15-13-24(20-22(25)3)37-33-11-6-5-8-21(33)2;1-2-7-10-9(5-1)6-3-4-8-11-10/h5-11,13,15,17-20,23,37H,4,12,14,16H2,1-3H3;1-8,11H. The molecule has 0 amide bonds. The van der Waals surface area contributed by atoms with Crippen molar-refractivity contribution in [3.63, 3.8) is 0 Å². The number of para-hydroxylation sites is 2. The van der Waals surface area contributed by atoms with E-state index in [1.807, 2.05) is 73.8 Å². The van der Waals surface area contributed by atoms with Crippen molar-refractivity contribution in [3.8, 4) is 0 Å². The number of benzene rings is 5. The Morgan fingerprint density at radius 2 is 1.65 bits per heavy atom. The third-order valence-corrected chi connectivity index (χ3v) is 10.4. The molecular weight excluding hydrogens is 620 g/mol. The molecule has 0 fully saturated rings. The summed E-state index contributed by atoms with van der Waals surface area (Å²) in [5.74, 6) is 0.437. The van der Waals surface area contributed by atoms with Crippen molar-refractivity contribution in [3.05, 3.63) is 175 Å². The first-order chi connectivity index (χ1) is 23.9.